The molecule has 1 N–H and O–H groups in total. The van der Waals surface area contributed by atoms with E-state index in [9.17, 15) is 13.2 Å². The normalized spacial score (nSPS) is 12.1. The van der Waals surface area contributed by atoms with Gasteiger partial charge in [-0.15, -0.1) is 0 Å². The van der Waals surface area contributed by atoms with Crippen LogP contribution in [0.25, 0.3) is 5.69 Å². The predicted octanol–water partition coefficient (Wildman–Crippen LogP) is 4.04. The Labute approximate surface area is 125 Å². The summed E-state index contributed by atoms with van der Waals surface area (Å²) in [6.07, 6.45) is -3.29. The third-order valence-electron chi connectivity index (χ3n) is 2.89. The highest BCUT2D eigenvalue weighted by Gasteiger charge is 2.38. The molecule has 7 heteroatoms. The average molecular weight is 318 g/mol. The van der Waals surface area contributed by atoms with Crippen LogP contribution in [0.3, 0.4) is 0 Å². The molecule has 0 radical (unpaired) electrons. The van der Waals surface area contributed by atoms with Gasteiger partial charge in [0.1, 0.15) is 0 Å². The first-order valence-electron chi connectivity index (χ1n) is 6.43. The molecule has 1 heterocycles. The Bertz CT molecular complexity index is 620. The van der Waals surface area contributed by atoms with Crippen LogP contribution in [0.4, 0.5) is 13.2 Å². The number of benzene rings is 1. The summed E-state index contributed by atoms with van der Waals surface area (Å²) in [7, 11) is 0. The third kappa shape index (κ3) is 3.57. The van der Waals surface area contributed by atoms with E-state index in [-0.39, 0.29) is 28.9 Å². The molecule has 0 saturated carbocycles. The molecule has 0 fully saturated rings. The number of rotatable bonds is 4. The van der Waals surface area contributed by atoms with Crippen LogP contribution in [0.2, 0.25) is 5.02 Å². The lowest BCUT2D eigenvalue weighted by Crippen LogP contribution is -2.24. The summed E-state index contributed by atoms with van der Waals surface area (Å²) in [5.41, 5.74) is -0.498. The van der Waals surface area contributed by atoms with E-state index in [4.69, 9.17) is 11.6 Å². The largest absolute Gasteiger partial charge is 0.433 e. The summed E-state index contributed by atoms with van der Waals surface area (Å²) in [5.74, 6) is 0. The van der Waals surface area contributed by atoms with Gasteiger partial charge in [-0.05, 0) is 12.1 Å². The minimum absolute atomic E-state index is 0.0785. The molecule has 1 aromatic carbocycles. The molecular formula is C14H15ClF3N3. The molecule has 0 aliphatic heterocycles. The fraction of sp³-hybridized carbons (Fsp3) is 0.357. The van der Waals surface area contributed by atoms with Crippen LogP contribution >= 0.6 is 11.6 Å². The molecule has 0 aliphatic rings. The van der Waals surface area contributed by atoms with Crippen molar-refractivity contribution in [3.05, 3.63) is 46.7 Å². The van der Waals surface area contributed by atoms with E-state index in [1.54, 1.807) is 12.1 Å². The molecule has 0 saturated heterocycles. The Balaban J connectivity index is 2.50. The van der Waals surface area contributed by atoms with Crippen LogP contribution in [-0.2, 0) is 12.7 Å². The molecule has 0 bridgehead atoms. The second-order valence-corrected chi connectivity index (χ2v) is 5.32. The fourth-order valence-electron chi connectivity index (χ4n) is 1.93. The Morgan fingerprint density at radius 3 is 2.52 bits per heavy atom. The topological polar surface area (TPSA) is 29.9 Å². The molecule has 21 heavy (non-hydrogen) atoms. The van der Waals surface area contributed by atoms with Gasteiger partial charge < -0.3 is 5.32 Å². The van der Waals surface area contributed by atoms with Crippen molar-refractivity contribution in [1.82, 2.24) is 15.1 Å². The van der Waals surface area contributed by atoms with Gasteiger partial charge in [-0.25, -0.2) is 4.68 Å². The molecule has 114 valence electrons. The summed E-state index contributed by atoms with van der Waals surface area (Å²) >= 11 is 5.97. The van der Waals surface area contributed by atoms with E-state index in [0.29, 0.717) is 0 Å². The molecule has 0 atom stereocenters. The smallest absolute Gasteiger partial charge is 0.310 e. The summed E-state index contributed by atoms with van der Waals surface area (Å²) in [5, 5.41) is 7.05. The van der Waals surface area contributed by atoms with Crippen molar-refractivity contribution in [2.45, 2.75) is 32.6 Å². The molecule has 2 aromatic rings. The van der Waals surface area contributed by atoms with Crippen LogP contribution in [0.1, 0.15) is 25.1 Å². The van der Waals surface area contributed by atoms with Gasteiger partial charge in [0, 0.05) is 18.2 Å². The van der Waals surface area contributed by atoms with Gasteiger partial charge >= 0.3 is 6.18 Å². The first-order chi connectivity index (χ1) is 9.80. The Hall–Kier alpha value is -1.53. The van der Waals surface area contributed by atoms with E-state index in [1.807, 2.05) is 13.8 Å². The zero-order valence-corrected chi connectivity index (χ0v) is 12.3. The molecule has 0 unspecified atom stereocenters. The van der Waals surface area contributed by atoms with Crippen LogP contribution in [0, 0.1) is 0 Å². The zero-order chi connectivity index (χ0) is 15.6. The second-order valence-electron chi connectivity index (χ2n) is 4.91. The number of hydrogen-bond donors (Lipinski definition) is 1. The molecular weight excluding hydrogens is 303 g/mol. The maximum absolute atomic E-state index is 13.4. The first-order valence-corrected chi connectivity index (χ1v) is 6.81. The number of halogens is 4. The van der Waals surface area contributed by atoms with Crippen LogP contribution in [0.5, 0.6) is 0 Å². The standard InChI is InChI=1S/C14H15ClF3N3/c1-9(2)19-7-10-8-20-21(13(10)14(16,17)18)12-6-4-3-5-11(12)15/h3-6,8-9,19H,7H2,1-2H3. The van der Waals surface area contributed by atoms with Gasteiger partial charge in [-0.3, -0.25) is 0 Å². The molecule has 3 nitrogen and oxygen atoms in total. The van der Waals surface area contributed by atoms with Gasteiger partial charge in [0.2, 0.25) is 0 Å². The minimum Gasteiger partial charge on any atom is -0.310 e. The summed E-state index contributed by atoms with van der Waals surface area (Å²) in [6, 6.07) is 6.39. The molecule has 1 aromatic heterocycles. The van der Waals surface area contributed by atoms with Gasteiger partial charge in [0.25, 0.3) is 0 Å². The van der Waals surface area contributed by atoms with E-state index in [0.717, 1.165) is 4.68 Å². The van der Waals surface area contributed by atoms with Crippen molar-refractivity contribution in [2.24, 2.45) is 0 Å². The highest BCUT2D eigenvalue weighted by molar-refractivity contribution is 6.32. The average Bonchev–Trinajstić information content (AvgIpc) is 2.80. The Morgan fingerprint density at radius 2 is 1.95 bits per heavy atom. The fourth-order valence-corrected chi connectivity index (χ4v) is 2.15. The van der Waals surface area contributed by atoms with Crippen molar-refractivity contribution in [3.8, 4) is 5.69 Å². The second kappa shape index (κ2) is 6.07. The molecule has 0 spiro atoms. The van der Waals surface area contributed by atoms with Crippen LogP contribution < -0.4 is 5.32 Å². The maximum atomic E-state index is 13.4. The number of hydrogen-bond acceptors (Lipinski definition) is 2. The highest BCUT2D eigenvalue weighted by Crippen LogP contribution is 2.35. The van der Waals surface area contributed by atoms with Crippen molar-refractivity contribution in [2.75, 3.05) is 0 Å². The molecule has 0 amide bonds. The van der Waals surface area contributed by atoms with E-state index >= 15 is 0 Å². The first kappa shape index (κ1) is 15.9. The summed E-state index contributed by atoms with van der Waals surface area (Å²) in [4.78, 5) is 0. The number of aromatic nitrogens is 2. The van der Waals surface area contributed by atoms with Gasteiger partial charge in [-0.2, -0.15) is 18.3 Å². The number of nitrogens with zero attached hydrogens (tertiary/aromatic N) is 2. The summed E-state index contributed by atoms with van der Waals surface area (Å²) < 4.78 is 40.9. The quantitative estimate of drug-likeness (QED) is 0.922. The minimum atomic E-state index is -4.51. The van der Waals surface area contributed by atoms with Gasteiger partial charge in [-0.1, -0.05) is 37.6 Å². The lowest BCUT2D eigenvalue weighted by molar-refractivity contribution is -0.143. The number of nitrogens with one attached hydrogen (secondary N) is 1. The van der Waals surface area contributed by atoms with Crippen molar-refractivity contribution < 1.29 is 13.2 Å². The highest BCUT2D eigenvalue weighted by atomic mass is 35.5. The SMILES string of the molecule is CC(C)NCc1cnn(-c2ccccc2Cl)c1C(F)(F)F. The lowest BCUT2D eigenvalue weighted by Gasteiger charge is -2.14. The number of para-hydroxylation sites is 1. The van der Waals surface area contributed by atoms with Crippen LogP contribution in [-0.4, -0.2) is 15.8 Å². The van der Waals surface area contributed by atoms with Crippen molar-refractivity contribution in [3.63, 3.8) is 0 Å². The Kier molecular flexibility index (Phi) is 4.58. The maximum Gasteiger partial charge on any atom is 0.433 e. The lowest BCUT2D eigenvalue weighted by atomic mass is 10.2. The molecule has 0 aliphatic carbocycles. The van der Waals surface area contributed by atoms with E-state index in [1.165, 1.54) is 18.3 Å². The Morgan fingerprint density at radius 1 is 1.29 bits per heavy atom. The van der Waals surface area contributed by atoms with E-state index < -0.39 is 11.9 Å². The number of alkyl halides is 3. The monoisotopic (exact) mass is 317 g/mol. The van der Waals surface area contributed by atoms with Crippen LogP contribution in [0.15, 0.2) is 30.5 Å². The van der Waals surface area contributed by atoms with Gasteiger partial charge in [0.15, 0.2) is 5.69 Å². The summed E-state index contributed by atoms with van der Waals surface area (Å²) in [6.45, 7) is 3.83. The third-order valence-corrected chi connectivity index (χ3v) is 3.21. The van der Waals surface area contributed by atoms with Crippen molar-refractivity contribution in [1.29, 1.82) is 0 Å². The van der Waals surface area contributed by atoms with Crippen molar-refractivity contribution >= 4 is 11.6 Å². The van der Waals surface area contributed by atoms with Gasteiger partial charge in [0.05, 0.1) is 16.9 Å². The predicted molar refractivity (Wildman–Crippen MR) is 75.6 cm³/mol. The van der Waals surface area contributed by atoms with E-state index in [2.05, 4.69) is 10.4 Å². The molecule has 2 rings (SSSR count). The zero-order valence-electron chi connectivity index (χ0n) is 11.6.